The minimum absolute atomic E-state index is 0. The van der Waals surface area contributed by atoms with E-state index in [0.717, 1.165) is 12.5 Å². The summed E-state index contributed by atoms with van der Waals surface area (Å²) in [6.45, 7) is 10.3. The maximum Gasteiger partial charge on any atom is 0.191 e. The minimum atomic E-state index is 0. The van der Waals surface area contributed by atoms with Crippen LogP contribution in [0, 0.1) is 0 Å². The van der Waals surface area contributed by atoms with Crippen LogP contribution < -0.4 is 10.6 Å². The molecule has 0 amide bonds. The second kappa shape index (κ2) is 11.6. The van der Waals surface area contributed by atoms with E-state index in [1.54, 1.807) is 0 Å². The van der Waals surface area contributed by atoms with E-state index in [1.165, 1.54) is 56.7 Å². The van der Waals surface area contributed by atoms with Crippen molar-refractivity contribution in [1.82, 2.24) is 20.4 Å². The molecular formula is C20H36IN5S. The van der Waals surface area contributed by atoms with Crippen molar-refractivity contribution < 1.29 is 0 Å². The minimum Gasteiger partial charge on any atom is -0.354 e. The molecule has 3 rings (SSSR count). The average molecular weight is 506 g/mol. The molecule has 0 saturated carbocycles. The fourth-order valence-electron chi connectivity index (χ4n) is 4.09. The smallest absolute Gasteiger partial charge is 0.191 e. The van der Waals surface area contributed by atoms with E-state index in [9.17, 15) is 0 Å². The summed E-state index contributed by atoms with van der Waals surface area (Å²) >= 11 is 1.87. The van der Waals surface area contributed by atoms with Crippen LogP contribution in [0.3, 0.4) is 0 Å². The van der Waals surface area contributed by atoms with Crippen molar-refractivity contribution in [3.05, 3.63) is 22.4 Å². The summed E-state index contributed by atoms with van der Waals surface area (Å²) in [5.74, 6) is 0.953. The molecule has 0 aromatic carbocycles. The Balaban J connectivity index is 0.00000261. The van der Waals surface area contributed by atoms with E-state index < -0.39 is 0 Å². The number of hydrogen-bond acceptors (Lipinski definition) is 4. The first-order chi connectivity index (χ1) is 12.7. The molecule has 5 nitrogen and oxygen atoms in total. The number of aliphatic imine (C=N–C) groups is 1. The first kappa shape index (κ1) is 22.9. The van der Waals surface area contributed by atoms with Crippen molar-refractivity contribution in [3.8, 4) is 0 Å². The van der Waals surface area contributed by atoms with E-state index in [-0.39, 0.29) is 24.0 Å². The number of guanidine groups is 1. The molecular weight excluding hydrogens is 469 g/mol. The Bertz CT molecular complexity index is 549. The van der Waals surface area contributed by atoms with Crippen molar-refractivity contribution >= 4 is 41.3 Å². The topological polar surface area (TPSA) is 42.9 Å². The maximum absolute atomic E-state index is 4.48. The van der Waals surface area contributed by atoms with Gasteiger partial charge in [0.2, 0.25) is 0 Å². The van der Waals surface area contributed by atoms with Gasteiger partial charge in [-0.2, -0.15) is 0 Å². The summed E-state index contributed by atoms with van der Waals surface area (Å²) in [6, 6.07) is 6.08. The molecule has 2 saturated heterocycles. The third-order valence-corrected chi connectivity index (χ3v) is 6.71. The fraction of sp³-hybridized carbons (Fsp3) is 0.750. The molecule has 154 valence electrons. The van der Waals surface area contributed by atoms with Gasteiger partial charge in [-0.1, -0.05) is 6.07 Å². The molecule has 27 heavy (non-hydrogen) atoms. The number of thiophene rings is 1. The van der Waals surface area contributed by atoms with Crippen molar-refractivity contribution in [2.24, 2.45) is 4.99 Å². The van der Waals surface area contributed by atoms with E-state index in [0.29, 0.717) is 18.1 Å². The molecule has 1 aromatic rings. The van der Waals surface area contributed by atoms with E-state index in [4.69, 9.17) is 0 Å². The second-order valence-electron chi connectivity index (χ2n) is 7.78. The molecule has 2 N–H and O–H groups in total. The van der Waals surface area contributed by atoms with Crippen molar-refractivity contribution in [3.63, 3.8) is 0 Å². The van der Waals surface area contributed by atoms with Gasteiger partial charge in [0.1, 0.15) is 0 Å². The monoisotopic (exact) mass is 505 g/mol. The summed E-state index contributed by atoms with van der Waals surface area (Å²) < 4.78 is 0. The van der Waals surface area contributed by atoms with Crippen LogP contribution in [0.15, 0.2) is 22.5 Å². The summed E-state index contributed by atoms with van der Waals surface area (Å²) in [5.41, 5.74) is 0. The largest absolute Gasteiger partial charge is 0.354 e. The Labute approximate surface area is 186 Å². The highest BCUT2D eigenvalue weighted by Crippen LogP contribution is 2.27. The highest BCUT2D eigenvalue weighted by molar-refractivity contribution is 14.0. The van der Waals surface area contributed by atoms with Crippen LogP contribution in [0.4, 0.5) is 0 Å². The molecule has 1 unspecified atom stereocenters. The van der Waals surface area contributed by atoms with Crippen LogP contribution in [0.5, 0.6) is 0 Å². The van der Waals surface area contributed by atoms with Crippen LogP contribution in [-0.2, 0) is 0 Å². The predicted molar refractivity (Wildman–Crippen MR) is 128 cm³/mol. The Morgan fingerprint density at radius 1 is 1.19 bits per heavy atom. The lowest BCUT2D eigenvalue weighted by atomic mass is 10.0. The number of likely N-dealkylation sites (tertiary alicyclic amines) is 2. The summed E-state index contributed by atoms with van der Waals surface area (Å²) in [5, 5.41) is 9.45. The van der Waals surface area contributed by atoms with E-state index in [1.807, 2.05) is 18.4 Å². The number of hydrogen-bond donors (Lipinski definition) is 2. The molecule has 0 spiro atoms. The average Bonchev–Trinajstić information content (AvgIpc) is 3.36. The summed E-state index contributed by atoms with van der Waals surface area (Å²) in [6.07, 6.45) is 5.03. The first-order valence-electron chi connectivity index (χ1n) is 10.2. The lowest BCUT2D eigenvalue weighted by Crippen LogP contribution is -2.50. The molecule has 7 heteroatoms. The number of piperidine rings is 1. The molecule has 2 fully saturated rings. The number of nitrogens with zero attached hydrogens (tertiary/aromatic N) is 3. The van der Waals surface area contributed by atoms with E-state index >= 15 is 0 Å². The highest BCUT2D eigenvalue weighted by Gasteiger charge is 2.25. The third-order valence-electron chi connectivity index (χ3n) is 5.74. The van der Waals surface area contributed by atoms with Gasteiger partial charge in [0.15, 0.2) is 5.96 Å². The molecule has 2 aliphatic heterocycles. The van der Waals surface area contributed by atoms with E-state index in [2.05, 4.69) is 56.8 Å². The fourth-order valence-corrected chi connectivity index (χ4v) is 4.95. The molecule has 2 aliphatic rings. The molecule has 1 aromatic heterocycles. The molecule has 3 heterocycles. The number of halogens is 1. The van der Waals surface area contributed by atoms with Gasteiger partial charge in [-0.15, -0.1) is 35.3 Å². The van der Waals surface area contributed by atoms with Gasteiger partial charge in [-0.3, -0.25) is 9.89 Å². The van der Waals surface area contributed by atoms with Crippen LogP contribution >= 0.6 is 35.3 Å². The summed E-state index contributed by atoms with van der Waals surface area (Å²) in [7, 11) is 1.88. The molecule has 1 atom stereocenters. The Kier molecular flexibility index (Phi) is 9.82. The zero-order valence-corrected chi connectivity index (χ0v) is 20.1. The van der Waals surface area contributed by atoms with Crippen LogP contribution in [-0.4, -0.2) is 67.6 Å². The zero-order valence-electron chi connectivity index (χ0n) is 17.0. The van der Waals surface area contributed by atoms with Gasteiger partial charge in [-0.05, 0) is 64.1 Å². The zero-order chi connectivity index (χ0) is 18.4. The highest BCUT2D eigenvalue weighted by atomic mass is 127. The first-order valence-corrected chi connectivity index (χ1v) is 11.0. The number of rotatable bonds is 6. The lowest BCUT2D eigenvalue weighted by Gasteiger charge is -2.35. The van der Waals surface area contributed by atoms with Gasteiger partial charge in [0.25, 0.3) is 0 Å². The Morgan fingerprint density at radius 2 is 1.89 bits per heavy atom. The normalized spacial score (nSPS) is 21.3. The van der Waals surface area contributed by atoms with Gasteiger partial charge < -0.3 is 15.5 Å². The van der Waals surface area contributed by atoms with Crippen LogP contribution in [0.2, 0.25) is 0 Å². The molecule has 0 bridgehead atoms. The van der Waals surface area contributed by atoms with Gasteiger partial charge in [0.05, 0.1) is 6.04 Å². The van der Waals surface area contributed by atoms with Crippen molar-refractivity contribution in [2.45, 2.75) is 57.7 Å². The summed E-state index contributed by atoms with van der Waals surface area (Å²) in [4.78, 5) is 11.1. The standard InChI is InChI=1S/C20H35N5S.HI/c1-16(2)24-12-8-17(9-13-24)23-20(21-3)22-15-18(19-7-6-14-26-19)25-10-4-5-11-25;/h6-7,14,16-18H,4-5,8-13,15H2,1-3H3,(H2,21,22,23);1H. The van der Waals surface area contributed by atoms with Crippen molar-refractivity contribution in [1.29, 1.82) is 0 Å². The van der Waals surface area contributed by atoms with Crippen LogP contribution in [0.1, 0.15) is 50.4 Å². The Hall–Kier alpha value is -0.380. The van der Waals surface area contributed by atoms with Gasteiger partial charge >= 0.3 is 0 Å². The lowest BCUT2D eigenvalue weighted by molar-refractivity contribution is 0.167. The molecule has 0 radical (unpaired) electrons. The van der Waals surface area contributed by atoms with Gasteiger partial charge in [0, 0.05) is 43.6 Å². The third kappa shape index (κ3) is 6.58. The van der Waals surface area contributed by atoms with Gasteiger partial charge in [-0.25, -0.2) is 0 Å². The SMILES string of the molecule is CN=C(NCC(c1cccs1)N1CCCC1)NC1CCN(C(C)C)CC1.I. The maximum atomic E-state index is 4.48. The number of nitrogens with one attached hydrogen (secondary N) is 2. The molecule has 0 aliphatic carbocycles. The van der Waals surface area contributed by atoms with Crippen LogP contribution in [0.25, 0.3) is 0 Å². The predicted octanol–water partition coefficient (Wildman–Crippen LogP) is 3.54. The van der Waals surface area contributed by atoms with Crippen molar-refractivity contribution in [2.75, 3.05) is 39.8 Å². The quantitative estimate of drug-likeness (QED) is 0.353. The second-order valence-corrected chi connectivity index (χ2v) is 8.76. The Morgan fingerprint density at radius 3 is 2.44 bits per heavy atom.